The van der Waals surface area contributed by atoms with Gasteiger partial charge in [-0.1, -0.05) is 30.7 Å². The van der Waals surface area contributed by atoms with Crippen LogP contribution in [0.3, 0.4) is 0 Å². The van der Waals surface area contributed by atoms with Gasteiger partial charge in [0.1, 0.15) is 23.5 Å². The molecule has 0 bridgehead atoms. The Morgan fingerprint density at radius 2 is 2.00 bits per heavy atom. The lowest BCUT2D eigenvalue weighted by Crippen LogP contribution is -2.13. The molecule has 38 heavy (non-hydrogen) atoms. The number of aliphatic carboxylic acids is 1. The van der Waals surface area contributed by atoms with E-state index in [9.17, 15) is 4.79 Å². The summed E-state index contributed by atoms with van der Waals surface area (Å²) < 4.78 is 13.9. The van der Waals surface area contributed by atoms with Gasteiger partial charge < -0.3 is 19.1 Å². The Morgan fingerprint density at radius 1 is 1.24 bits per heavy atom. The van der Waals surface area contributed by atoms with Crippen molar-refractivity contribution < 1.29 is 19.4 Å². The van der Waals surface area contributed by atoms with Crippen LogP contribution in [-0.4, -0.2) is 42.8 Å². The molecule has 1 saturated carbocycles. The molecule has 2 heterocycles. The Morgan fingerprint density at radius 3 is 2.66 bits per heavy atom. The summed E-state index contributed by atoms with van der Waals surface area (Å²) in [6, 6.07) is 14.8. The molecule has 5 rings (SSSR count). The van der Waals surface area contributed by atoms with Crippen molar-refractivity contribution in [3.63, 3.8) is 0 Å². The maximum absolute atomic E-state index is 11.1. The van der Waals surface area contributed by atoms with Crippen LogP contribution >= 0.6 is 11.6 Å². The fraction of sp³-hybridized carbons (Fsp3) is 0.321. The molecule has 0 aliphatic heterocycles. The van der Waals surface area contributed by atoms with Crippen LogP contribution in [0, 0.1) is 17.2 Å². The molecule has 10 heteroatoms. The van der Waals surface area contributed by atoms with E-state index in [1.807, 2.05) is 29.7 Å². The second-order valence-electron chi connectivity index (χ2n) is 9.75. The zero-order chi connectivity index (χ0) is 26.9. The number of nitrogens with zero attached hydrogens (tertiary/aromatic N) is 5. The van der Waals surface area contributed by atoms with Crippen molar-refractivity contribution in [3.8, 4) is 29.1 Å². The number of ether oxygens (including phenoxy) is 2. The van der Waals surface area contributed by atoms with Gasteiger partial charge in [0.2, 0.25) is 5.88 Å². The van der Waals surface area contributed by atoms with Gasteiger partial charge in [-0.15, -0.1) is 0 Å². The second kappa shape index (κ2) is 10.3. The summed E-state index contributed by atoms with van der Waals surface area (Å²) in [7, 11) is 0. The summed E-state index contributed by atoms with van der Waals surface area (Å²) in [5, 5.41) is 18.7. The lowest BCUT2D eigenvalue weighted by Gasteiger charge is -2.13. The van der Waals surface area contributed by atoms with Crippen LogP contribution in [0.4, 0.5) is 0 Å². The van der Waals surface area contributed by atoms with Gasteiger partial charge in [0.15, 0.2) is 11.2 Å². The Hall–Kier alpha value is -4.16. The number of halogens is 1. The first-order valence-corrected chi connectivity index (χ1v) is 12.7. The van der Waals surface area contributed by atoms with Gasteiger partial charge >= 0.3 is 5.97 Å². The molecule has 4 aromatic rings. The number of hydrogen-bond donors (Lipinski definition) is 1. The van der Waals surface area contributed by atoms with Crippen molar-refractivity contribution in [3.05, 3.63) is 64.9 Å². The molecule has 1 unspecified atom stereocenters. The predicted octanol–water partition coefficient (Wildman–Crippen LogP) is 5.49. The zero-order valence-electron chi connectivity index (χ0n) is 21.0. The molecule has 0 saturated heterocycles. The Labute approximate surface area is 224 Å². The number of hydrogen-bond acceptors (Lipinski definition) is 7. The minimum atomic E-state index is -0.856. The summed E-state index contributed by atoms with van der Waals surface area (Å²) in [6.45, 7) is 4.38. The highest BCUT2D eigenvalue weighted by molar-refractivity contribution is 6.33. The topological polar surface area (TPSA) is 123 Å². The van der Waals surface area contributed by atoms with Crippen molar-refractivity contribution in [2.75, 3.05) is 6.61 Å². The molecule has 1 N–H and O–H groups in total. The van der Waals surface area contributed by atoms with Crippen LogP contribution in [0.15, 0.2) is 48.8 Å². The van der Waals surface area contributed by atoms with Crippen LogP contribution in [0.5, 0.6) is 11.6 Å². The SMILES string of the molecule is CC(CCOc1ccc(-c2nc3c(OC4(C)CC4)ncnc3n2Cc2ccc(C#N)cc2)c(Cl)c1)C(=O)O. The number of nitriles is 1. The van der Waals surface area contributed by atoms with Crippen LogP contribution in [0.25, 0.3) is 22.6 Å². The number of fused-ring (bicyclic) bond motifs is 1. The standard InChI is InChI=1S/C28H26ClN5O4/c1-17(27(35)36)9-12-37-20-7-8-21(22(29)13-20)24-33-23-25(31-16-32-26(23)38-28(2)10-11-28)34(24)15-19-5-3-18(14-30)4-6-19/h3-8,13,16-17H,9-12,15H2,1-2H3,(H,35,36). The smallest absolute Gasteiger partial charge is 0.306 e. The molecule has 1 aliphatic rings. The third-order valence-electron chi connectivity index (χ3n) is 6.64. The molecule has 0 spiro atoms. The first kappa shape index (κ1) is 25.5. The third-order valence-corrected chi connectivity index (χ3v) is 6.95. The van der Waals surface area contributed by atoms with Gasteiger partial charge in [0.25, 0.3) is 0 Å². The van der Waals surface area contributed by atoms with Crippen molar-refractivity contribution in [1.82, 2.24) is 19.5 Å². The Balaban J connectivity index is 1.51. The van der Waals surface area contributed by atoms with E-state index in [0.717, 1.165) is 18.4 Å². The van der Waals surface area contributed by atoms with Gasteiger partial charge in [0.05, 0.1) is 35.7 Å². The largest absolute Gasteiger partial charge is 0.494 e. The van der Waals surface area contributed by atoms with Crippen molar-refractivity contribution in [1.29, 1.82) is 5.26 Å². The lowest BCUT2D eigenvalue weighted by molar-refractivity contribution is -0.141. The molecule has 2 aromatic carbocycles. The van der Waals surface area contributed by atoms with Crippen molar-refractivity contribution in [2.24, 2.45) is 5.92 Å². The molecular weight excluding hydrogens is 506 g/mol. The summed E-state index contributed by atoms with van der Waals surface area (Å²) in [5.74, 6) is 0.203. The first-order valence-electron chi connectivity index (χ1n) is 12.3. The molecule has 2 aromatic heterocycles. The van der Waals surface area contributed by atoms with E-state index in [2.05, 4.69) is 16.0 Å². The summed E-state index contributed by atoms with van der Waals surface area (Å²) in [5.41, 5.74) is 3.13. The van der Waals surface area contributed by atoms with Gasteiger partial charge in [-0.3, -0.25) is 4.79 Å². The molecule has 194 valence electrons. The number of carboxylic acids is 1. The third kappa shape index (κ3) is 5.41. The zero-order valence-corrected chi connectivity index (χ0v) is 21.8. The summed E-state index contributed by atoms with van der Waals surface area (Å²) in [4.78, 5) is 24.8. The molecule has 1 fully saturated rings. The van der Waals surface area contributed by atoms with Crippen LogP contribution < -0.4 is 9.47 Å². The fourth-order valence-corrected chi connectivity index (χ4v) is 4.22. The van der Waals surface area contributed by atoms with E-state index in [1.165, 1.54) is 6.33 Å². The minimum absolute atomic E-state index is 0.243. The maximum Gasteiger partial charge on any atom is 0.306 e. The average Bonchev–Trinajstić information content (AvgIpc) is 3.52. The van der Waals surface area contributed by atoms with Crippen molar-refractivity contribution in [2.45, 2.75) is 45.3 Å². The van der Waals surface area contributed by atoms with Crippen molar-refractivity contribution >= 4 is 28.7 Å². The van der Waals surface area contributed by atoms with Gasteiger partial charge in [-0.05, 0) is 62.1 Å². The molecule has 9 nitrogen and oxygen atoms in total. The second-order valence-corrected chi connectivity index (χ2v) is 10.2. The number of carbonyl (C=O) groups is 1. The summed E-state index contributed by atoms with van der Waals surface area (Å²) >= 11 is 6.72. The molecule has 1 aliphatic carbocycles. The number of benzene rings is 2. The van der Waals surface area contributed by atoms with Crippen LogP contribution in [0.1, 0.15) is 44.2 Å². The van der Waals surface area contributed by atoms with E-state index in [4.69, 9.17) is 36.4 Å². The first-order chi connectivity index (χ1) is 18.3. The maximum atomic E-state index is 11.1. The summed E-state index contributed by atoms with van der Waals surface area (Å²) in [6.07, 6.45) is 3.77. The van der Waals surface area contributed by atoms with E-state index >= 15 is 0 Å². The monoisotopic (exact) mass is 531 g/mol. The van der Waals surface area contributed by atoms with E-state index in [1.54, 1.807) is 31.2 Å². The highest BCUT2D eigenvalue weighted by atomic mass is 35.5. The fourth-order valence-electron chi connectivity index (χ4n) is 3.97. The lowest BCUT2D eigenvalue weighted by atomic mass is 10.1. The van der Waals surface area contributed by atoms with Gasteiger partial charge in [-0.25, -0.2) is 9.97 Å². The number of aromatic nitrogens is 4. The molecule has 0 amide bonds. The average molecular weight is 532 g/mol. The predicted molar refractivity (Wildman–Crippen MR) is 141 cm³/mol. The number of imidazole rings is 1. The molecule has 0 radical (unpaired) electrons. The van der Waals surface area contributed by atoms with Crippen LogP contribution in [-0.2, 0) is 11.3 Å². The molecular formula is C28H26ClN5O4. The highest BCUT2D eigenvalue weighted by Crippen LogP contribution is 2.41. The van der Waals surface area contributed by atoms with E-state index < -0.39 is 11.9 Å². The molecule has 1 atom stereocenters. The van der Waals surface area contributed by atoms with E-state index in [0.29, 0.717) is 57.7 Å². The van der Waals surface area contributed by atoms with Gasteiger partial charge in [-0.2, -0.15) is 10.2 Å². The van der Waals surface area contributed by atoms with Gasteiger partial charge in [0, 0.05) is 5.56 Å². The quantitative estimate of drug-likeness (QED) is 0.285. The normalized spacial score (nSPS) is 14.6. The minimum Gasteiger partial charge on any atom is -0.494 e. The highest BCUT2D eigenvalue weighted by Gasteiger charge is 2.41. The Bertz CT molecular complexity index is 1540. The van der Waals surface area contributed by atoms with Crippen LogP contribution in [0.2, 0.25) is 5.02 Å². The van der Waals surface area contributed by atoms with E-state index in [-0.39, 0.29) is 12.2 Å². The Kier molecular flexibility index (Phi) is 6.91. The number of carboxylic acid groups (broad SMARTS) is 1. The number of rotatable bonds is 10.